The molecule has 1 aromatic rings. The Hall–Kier alpha value is -2.38. The van der Waals surface area contributed by atoms with Crippen molar-refractivity contribution in [1.82, 2.24) is 15.1 Å². The van der Waals surface area contributed by atoms with Gasteiger partial charge in [-0.25, -0.2) is 0 Å². The van der Waals surface area contributed by atoms with Crippen molar-refractivity contribution in [2.45, 2.75) is 64.0 Å². The molecule has 1 heterocycles. The van der Waals surface area contributed by atoms with Gasteiger partial charge in [0.15, 0.2) is 0 Å². The number of carbonyl (C=O) groups is 3. The molecular weight excluding hydrogens is 336 g/mol. The quantitative estimate of drug-likeness (QED) is 0.714. The first-order valence-corrected chi connectivity index (χ1v) is 9.37. The van der Waals surface area contributed by atoms with Crippen molar-refractivity contribution in [3.8, 4) is 0 Å². The molecule has 1 aromatic heterocycles. The van der Waals surface area contributed by atoms with Crippen molar-refractivity contribution in [3.05, 3.63) is 12.4 Å². The maximum Gasteiger partial charge on any atom is 0.325 e. The van der Waals surface area contributed by atoms with Crippen molar-refractivity contribution in [2.75, 3.05) is 5.32 Å². The van der Waals surface area contributed by atoms with Gasteiger partial charge >= 0.3 is 5.97 Å². The summed E-state index contributed by atoms with van der Waals surface area (Å²) in [6, 6.07) is 0.172. The minimum atomic E-state index is -0.982. The molecule has 0 bridgehead atoms. The minimum absolute atomic E-state index is 0.0690. The van der Waals surface area contributed by atoms with Gasteiger partial charge in [0.2, 0.25) is 11.8 Å². The Morgan fingerprint density at radius 3 is 2.35 bits per heavy atom. The maximum absolute atomic E-state index is 12.4. The van der Waals surface area contributed by atoms with Crippen LogP contribution in [0.15, 0.2) is 12.4 Å². The number of hydrogen-bond acceptors (Lipinski definition) is 4. The third kappa shape index (κ3) is 4.83. The van der Waals surface area contributed by atoms with E-state index in [0.717, 1.165) is 51.4 Å². The lowest BCUT2D eigenvalue weighted by molar-refractivity contribution is -0.138. The van der Waals surface area contributed by atoms with E-state index < -0.39 is 5.97 Å². The molecule has 0 saturated heterocycles. The molecule has 8 heteroatoms. The van der Waals surface area contributed by atoms with Gasteiger partial charge in [-0.3, -0.25) is 19.1 Å². The van der Waals surface area contributed by atoms with Crippen LogP contribution >= 0.6 is 0 Å². The summed E-state index contributed by atoms with van der Waals surface area (Å²) < 4.78 is 1.27. The van der Waals surface area contributed by atoms with Crippen molar-refractivity contribution >= 4 is 23.5 Å². The maximum atomic E-state index is 12.4. The second-order valence-corrected chi connectivity index (χ2v) is 7.35. The summed E-state index contributed by atoms with van der Waals surface area (Å²) in [6.07, 6.45) is 10.4. The Morgan fingerprint density at radius 2 is 1.69 bits per heavy atom. The Bertz CT molecular complexity index is 658. The molecule has 3 rings (SSSR count). The fourth-order valence-electron chi connectivity index (χ4n) is 3.90. The fraction of sp³-hybridized carbons (Fsp3) is 0.667. The van der Waals surface area contributed by atoms with Crippen LogP contribution in [0.2, 0.25) is 0 Å². The van der Waals surface area contributed by atoms with E-state index in [1.54, 1.807) is 0 Å². The highest BCUT2D eigenvalue weighted by Crippen LogP contribution is 2.28. The summed E-state index contributed by atoms with van der Waals surface area (Å²) in [5.41, 5.74) is 0.507. The van der Waals surface area contributed by atoms with Gasteiger partial charge in [-0.2, -0.15) is 5.10 Å². The summed E-state index contributed by atoms with van der Waals surface area (Å²) >= 11 is 0. The number of carboxylic acid groups (broad SMARTS) is 1. The normalized spacial score (nSPS) is 23.5. The average Bonchev–Trinajstić information content (AvgIpc) is 3.27. The molecular formula is C18H26N4O4. The SMILES string of the molecule is O=C(O)Cn1cc(NC(=O)C2CCC(NC(=O)C3CCCC3)CC2)cn1. The van der Waals surface area contributed by atoms with E-state index in [2.05, 4.69) is 15.7 Å². The molecule has 0 unspecified atom stereocenters. The number of aromatic nitrogens is 2. The highest BCUT2D eigenvalue weighted by atomic mass is 16.4. The molecule has 0 aromatic carbocycles. The molecule has 2 aliphatic rings. The summed E-state index contributed by atoms with van der Waals surface area (Å²) in [7, 11) is 0. The van der Waals surface area contributed by atoms with Crippen LogP contribution in [0.1, 0.15) is 51.4 Å². The molecule has 0 spiro atoms. The summed E-state index contributed by atoms with van der Waals surface area (Å²) in [6.45, 7) is -0.234. The van der Waals surface area contributed by atoms with Gasteiger partial charge in [-0.15, -0.1) is 0 Å². The lowest BCUT2D eigenvalue weighted by Crippen LogP contribution is -2.41. The number of nitrogens with zero attached hydrogens (tertiary/aromatic N) is 2. The smallest absolute Gasteiger partial charge is 0.325 e. The van der Waals surface area contributed by atoms with E-state index in [-0.39, 0.29) is 36.2 Å². The topological polar surface area (TPSA) is 113 Å². The standard InChI is InChI=1S/C18H26N4O4/c23-16(24)11-22-10-15(9-19-22)21-18(26)13-5-7-14(8-6-13)20-17(25)12-3-1-2-4-12/h9-10,12-14H,1-8,11H2,(H,20,25)(H,21,26)(H,23,24). The molecule has 0 radical (unpaired) electrons. The van der Waals surface area contributed by atoms with Crippen LogP contribution in [0.3, 0.4) is 0 Å². The third-order valence-electron chi connectivity index (χ3n) is 5.37. The number of carbonyl (C=O) groups excluding carboxylic acids is 2. The average molecular weight is 362 g/mol. The number of nitrogens with one attached hydrogen (secondary N) is 2. The highest BCUT2D eigenvalue weighted by Gasteiger charge is 2.29. The molecule has 2 aliphatic carbocycles. The Balaban J connectivity index is 1.42. The van der Waals surface area contributed by atoms with Crippen LogP contribution in [-0.4, -0.2) is 38.7 Å². The van der Waals surface area contributed by atoms with E-state index in [0.29, 0.717) is 5.69 Å². The Kier molecular flexibility index (Phi) is 5.90. The molecule has 2 saturated carbocycles. The van der Waals surface area contributed by atoms with Gasteiger partial charge in [-0.05, 0) is 38.5 Å². The summed E-state index contributed by atoms with van der Waals surface area (Å²) in [5, 5.41) is 18.6. The number of rotatable bonds is 6. The molecule has 0 atom stereocenters. The van der Waals surface area contributed by atoms with Crippen LogP contribution < -0.4 is 10.6 Å². The number of carboxylic acids is 1. The Morgan fingerprint density at radius 1 is 1.04 bits per heavy atom. The van der Waals surface area contributed by atoms with Crippen LogP contribution in [-0.2, 0) is 20.9 Å². The lowest BCUT2D eigenvalue weighted by atomic mass is 9.85. The number of hydrogen-bond donors (Lipinski definition) is 3. The zero-order valence-electron chi connectivity index (χ0n) is 14.8. The zero-order chi connectivity index (χ0) is 18.5. The number of aliphatic carboxylic acids is 1. The van der Waals surface area contributed by atoms with Gasteiger partial charge in [-0.1, -0.05) is 12.8 Å². The fourth-order valence-corrected chi connectivity index (χ4v) is 3.90. The van der Waals surface area contributed by atoms with Crippen LogP contribution in [0.25, 0.3) is 0 Å². The zero-order valence-corrected chi connectivity index (χ0v) is 14.8. The van der Waals surface area contributed by atoms with Crippen LogP contribution in [0, 0.1) is 11.8 Å². The third-order valence-corrected chi connectivity index (χ3v) is 5.37. The molecule has 26 heavy (non-hydrogen) atoms. The van der Waals surface area contributed by atoms with Gasteiger partial charge in [0.1, 0.15) is 6.54 Å². The summed E-state index contributed by atoms with van der Waals surface area (Å²) in [5.74, 6) is -0.776. The first-order chi connectivity index (χ1) is 12.5. The van der Waals surface area contributed by atoms with E-state index in [1.165, 1.54) is 17.1 Å². The predicted octanol–water partition coefficient (Wildman–Crippen LogP) is 1.77. The van der Waals surface area contributed by atoms with Gasteiger partial charge < -0.3 is 15.7 Å². The summed E-state index contributed by atoms with van der Waals surface area (Å²) in [4.78, 5) is 35.3. The Labute approximate surface area is 152 Å². The second-order valence-electron chi connectivity index (χ2n) is 7.35. The van der Waals surface area contributed by atoms with Gasteiger partial charge in [0.25, 0.3) is 0 Å². The molecule has 2 fully saturated rings. The van der Waals surface area contributed by atoms with Crippen molar-refractivity contribution in [3.63, 3.8) is 0 Å². The van der Waals surface area contributed by atoms with Crippen LogP contribution in [0.5, 0.6) is 0 Å². The van der Waals surface area contributed by atoms with Gasteiger partial charge in [0.05, 0.1) is 11.9 Å². The van der Waals surface area contributed by atoms with Crippen molar-refractivity contribution in [2.24, 2.45) is 11.8 Å². The minimum Gasteiger partial charge on any atom is -0.480 e. The molecule has 0 aliphatic heterocycles. The van der Waals surface area contributed by atoms with Gasteiger partial charge in [0, 0.05) is 24.1 Å². The highest BCUT2D eigenvalue weighted by molar-refractivity contribution is 5.92. The van der Waals surface area contributed by atoms with E-state index in [9.17, 15) is 14.4 Å². The largest absolute Gasteiger partial charge is 0.480 e. The predicted molar refractivity (Wildman–Crippen MR) is 94.3 cm³/mol. The molecule has 142 valence electrons. The van der Waals surface area contributed by atoms with E-state index in [1.807, 2.05) is 0 Å². The van der Waals surface area contributed by atoms with Crippen molar-refractivity contribution in [1.29, 1.82) is 0 Å². The number of anilines is 1. The van der Waals surface area contributed by atoms with Crippen molar-refractivity contribution < 1.29 is 19.5 Å². The monoisotopic (exact) mass is 362 g/mol. The first-order valence-electron chi connectivity index (χ1n) is 9.37. The van der Waals surface area contributed by atoms with E-state index >= 15 is 0 Å². The van der Waals surface area contributed by atoms with E-state index in [4.69, 9.17) is 5.11 Å². The molecule has 3 N–H and O–H groups in total. The molecule has 2 amide bonds. The lowest BCUT2D eigenvalue weighted by Gasteiger charge is -2.29. The molecule has 8 nitrogen and oxygen atoms in total. The second kappa shape index (κ2) is 8.33. The van der Waals surface area contributed by atoms with Crippen LogP contribution in [0.4, 0.5) is 5.69 Å². The number of amides is 2. The first kappa shape index (κ1) is 18.4.